The van der Waals surface area contributed by atoms with Gasteiger partial charge in [-0.1, -0.05) is 26.0 Å². The second kappa shape index (κ2) is 7.70. The zero-order valence-corrected chi connectivity index (χ0v) is 12.8. The van der Waals surface area contributed by atoms with Gasteiger partial charge in [0.25, 0.3) is 0 Å². The van der Waals surface area contributed by atoms with Gasteiger partial charge in [-0.25, -0.2) is 0 Å². The maximum atomic E-state index is 5.25. The Morgan fingerprint density at radius 1 is 1.33 bits per heavy atom. The molecule has 1 aromatic rings. The van der Waals surface area contributed by atoms with Crippen LogP contribution in [-0.2, 0) is 6.54 Å². The molecule has 0 radical (unpaired) electrons. The van der Waals surface area contributed by atoms with Gasteiger partial charge in [-0.15, -0.1) is 0 Å². The number of benzene rings is 1. The van der Waals surface area contributed by atoms with E-state index in [0.29, 0.717) is 11.8 Å². The number of hydrogen-bond acceptors (Lipinski definition) is 3. The molecule has 0 fully saturated rings. The van der Waals surface area contributed by atoms with E-state index < -0.39 is 0 Å². The number of methoxy groups -OCH3 is 1. The van der Waals surface area contributed by atoms with Crippen LogP contribution in [0.2, 0.25) is 0 Å². The fourth-order valence-electron chi connectivity index (χ4n) is 2.03. The van der Waals surface area contributed by atoms with Crippen molar-refractivity contribution >= 4 is 12.6 Å². The molecule has 0 aliphatic rings. The average molecular weight is 267 g/mol. The van der Waals surface area contributed by atoms with Gasteiger partial charge in [0.2, 0.25) is 0 Å². The van der Waals surface area contributed by atoms with Crippen LogP contribution in [0, 0.1) is 11.8 Å². The summed E-state index contributed by atoms with van der Waals surface area (Å²) in [4.78, 5) is 2.36. The fraction of sp³-hybridized carbons (Fsp3) is 0.600. The molecular weight excluding hydrogens is 242 g/mol. The van der Waals surface area contributed by atoms with Crippen LogP contribution in [0.5, 0.6) is 5.75 Å². The van der Waals surface area contributed by atoms with Crippen molar-refractivity contribution in [1.29, 1.82) is 0 Å². The van der Waals surface area contributed by atoms with Crippen LogP contribution in [0.4, 0.5) is 0 Å². The predicted molar refractivity (Wildman–Crippen MR) is 81.5 cm³/mol. The van der Waals surface area contributed by atoms with Crippen molar-refractivity contribution in [3.8, 4) is 5.75 Å². The standard InChI is InChI=1S/C15H25NOS/c1-12(2)14(11-18)10-16(3)9-13-6-5-7-15(8-13)17-4/h5-8,12,14,18H,9-11H2,1-4H3. The summed E-state index contributed by atoms with van der Waals surface area (Å²) in [5.74, 6) is 3.19. The molecule has 1 atom stereocenters. The Labute approximate surface area is 117 Å². The molecule has 0 saturated carbocycles. The molecule has 3 heteroatoms. The zero-order valence-electron chi connectivity index (χ0n) is 11.9. The molecule has 0 heterocycles. The molecule has 1 aromatic carbocycles. The molecule has 18 heavy (non-hydrogen) atoms. The van der Waals surface area contributed by atoms with Gasteiger partial charge in [0, 0.05) is 13.1 Å². The SMILES string of the molecule is COc1cccc(CN(C)CC(CS)C(C)C)c1. The van der Waals surface area contributed by atoms with E-state index in [9.17, 15) is 0 Å². The van der Waals surface area contributed by atoms with Crippen molar-refractivity contribution in [2.24, 2.45) is 11.8 Å². The summed E-state index contributed by atoms with van der Waals surface area (Å²) < 4.78 is 5.25. The van der Waals surface area contributed by atoms with Crippen LogP contribution in [-0.4, -0.2) is 31.4 Å². The van der Waals surface area contributed by atoms with Gasteiger partial charge in [-0.2, -0.15) is 12.6 Å². The Morgan fingerprint density at radius 3 is 2.61 bits per heavy atom. The van der Waals surface area contributed by atoms with Gasteiger partial charge < -0.3 is 9.64 Å². The molecule has 102 valence electrons. The fourth-order valence-corrected chi connectivity index (χ4v) is 2.56. The monoisotopic (exact) mass is 267 g/mol. The number of nitrogens with zero attached hydrogens (tertiary/aromatic N) is 1. The molecule has 1 unspecified atom stereocenters. The Hall–Kier alpha value is -0.670. The van der Waals surface area contributed by atoms with E-state index in [1.807, 2.05) is 12.1 Å². The van der Waals surface area contributed by atoms with Crippen LogP contribution in [0.25, 0.3) is 0 Å². The van der Waals surface area contributed by atoms with E-state index in [-0.39, 0.29) is 0 Å². The summed E-state index contributed by atoms with van der Waals surface area (Å²) in [5.41, 5.74) is 1.29. The summed E-state index contributed by atoms with van der Waals surface area (Å²) in [6.07, 6.45) is 0. The van der Waals surface area contributed by atoms with Gasteiger partial charge in [0.15, 0.2) is 0 Å². The summed E-state index contributed by atoms with van der Waals surface area (Å²) in [5, 5.41) is 0. The van der Waals surface area contributed by atoms with Crippen LogP contribution in [0.1, 0.15) is 19.4 Å². The molecule has 0 bridgehead atoms. The second-order valence-corrected chi connectivity index (χ2v) is 5.60. The second-order valence-electron chi connectivity index (χ2n) is 5.23. The minimum Gasteiger partial charge on any atom is -0.497 e. The first kappa shape index (κ1) is 15.4. The van der Waals surface area contributed by atoms with Crippen molar-refractivity contribution < 1.29 is 4.74 Å². The topological polar surface area (TPSA) is 12.5 Å². The Morgan fingerprint density at radius 2 is 2.06 bits per heavy atom. The highest BCUT2D eigenvalue weighted by Crippen LogP contribution is 2.17. The van der Waals surface area contributed by atoms with Crippen LogP contribution in [0.3, 0.4) is 0 Å². The predicted octanol–water partition coefficient (Wildman–Crippen LogP) is 3.33. The number of hydrogen-bond donors (Lipinski definition) is 1. The van der Waals surface area contributed by atoms with E-state index in [1.165, 1.54) is 5.56 Å². The zero-order chi connectivity index (χ0) is 13.5. The van der Waals surface area contributed by atoms with Crippen LogP contribution < -0.4 is 4.74 Å². The summed E-state index contributed by atoms with van der Waals surface area (Å²) in [6, 6.07) is 8.26. The molecule has 0 saturated heterocycles. The Bertz CT molecular complexity index is 354. The molecule has 0 amide bonds. The molecule has 0 aliphatic heterocycles. The molecule has 0 aromatic heterocycles. The van der Waals surface area contributed by atoms with Crippen LogP contribution in [0.15, 0.2) is 24.3 Å². The highest BCUT2D eigenvalue weighted by Gasteiger charge is 2.14. The molecule has 1 rings (SSSR count). The maximum absolute atomic E-state index is 5.25. The highest BCUT2D eigenvalue weighted by molar-refractivity contribution is 7.80. The van der Waals surface area contributed by atoms with E-state index in [2.05, 4.69) is 50.6 Å². The third-order valence-corrected chi connectivity index (χ3v) is 3.78. The number of ether oxygens (including phenoxy) is 1. The lowest BCUT2D eigenvalue weighted by Crippen LogP contribution is -2.29. The first-order valence-electron chi connectivity index (χ1n) is 6.49. The third-order valence-electron chi connectivity index (χ3n) is 3.31. The molecule has 0 spiro atoms. The summed E-state index contributed by atoms with van der Waals surface area (Å²) >= 11 is 4.44. The first-order chi connectivity index (χ1) is 8.56. The van der Waals surface area contributed by atoms with E-state index >= 15 is 0 Å². The maximum Gasteiger partial charge on any atom is 0.119 e. The van der Waals surface area contributed by atoms with E-state index in [0.717, 1.165) is 24.6 Å². The lowest BCUT2D eigenvalue weighted by molar-refractivity contribution is 0.246. The van der Waals surface area contributed by atoms with Gasteiger partial charge in [0.1, 0.15) is 5.75 Å². The molecule has 0 N–H and O–H groups in total. The van der Waals surface area contributed by atoms with Crippen molar-refractivity contribution in [2.45, 2.75) is 20.4 Å². The summed E-state index contributed by atoms with van der Waals surface area (Å²) in [6.45, 7) is 6.56. The lowest BCUT2D eigenvalue weighted by atomic mass is 9.97. The minimum absolute atomic E-state index is 0.643. The minimum atomic E-state index is 0.643. The van der Waals surface area contributed by atoms with Gasteiger partial charge >= 0.3 is 0 Å². The van der Waals surface area contributed by atoms with Crippen LogP contribution >= 0.6 is 12.6 Å². The Balaban J connectivity index is 2.55. The molecule has 2 nitrogen and oxygen atoms in total. The molecule has 0 aliphatic carbocycles. The third kappa shape index (κ3) is 4.91. The normalized spacial score (nSPS) is 13.1. The lowest BCUT2D eigenvalue weighted by Gasteiger charge is -2.25. The van der Waals surface area contributed by atoms with Crippen molar-refractivity contribution in [1.82, 2.24) is 4.90 Å². The molecular formula is C15H25NOS. The largest absolute Gasteiger partial charge is 0.497 e. The van der Waals surface area contributed by atoms with Gasteiger partial charge in [-0.3, -0.25) is 0 Å². The van der Waals surface area contributed by atoms with Crippen molar-refractivity contribution in [2.75, 3.05) is 26.5 Å². The summed E-state index contributed by atoms with van der Waals surface area (Å²) in [7, 11) is 3.87. The quantitative estimate of drug-likeness (QED) is 0.761. The smallest absolute Gasteiger partial charge is 0.119 e. The number of rotatable bonds is 7. The first-order valence-corrected chi connectivity index (χ1v) is 7.12. The Kier molecular flexibility index (Phi) is 6.58. The van der Waals surface area contributed by atoms with E-state index in [1.54, 1.807) is 7.11 Å². The van der Waals surface area contributed by atoms with Crippen molar-refractivity contribution in [3.63, 3.8) is 0 Å². The average Bonchev–Trinajstić information content (AvgIpc) is 2.35. The van der Waals surface area contributed by atoms with Gasteiger partial charge in [0.05, 0.1) is 7.11 Å². The van der Waals surface area contributed by atoms with E-state index in [4.69, 9.17) is 4.74 Å². The highest BCUT2D eigenvalue weighted by atomic mass is 32.1. The van der Waals surface area contributed by atoms with Crippen molar-refractivity contribution in [3.05, 3.63) is 29.8 Å². The number of thiol groups is 1. The van der Waals surface area contributed by atoms with Gasteiger partial charge in [-0.05, 0) is 42.3 Å².